The lowest BCUT2D eigenvalue weighted by Gasteiger charge is -2.23. The van der Waals surface area contributed by atoms with Gasteiger partial charge >= 0.3 is 0 Å². The Labute approximate surface area is 166 Å². The van der Waals surface area contributed by atoms with Crippen LogP contribution in [0.3, 0.4) is 0 Å². The molecule has 3 aromatic rings. The molecular weight excluding hydrogens is 402 g/mol. The van der Waals surface area contributed by atoms with E-state index in [2.05, 4.69) is 5.32 Å². The lowest BCUT2D eigenvalue weighted by atomic mass is 9.91. The first-order valence-corrected chi connectivity index (χ1v) is 11.1. The van der Waals surface area contributed by atoms with E-state index in [0.29, 0.717) is 10.7 Å². The molecule has 4 rings (SSSR count). The maximum atomic E-state index is 13.2. The monoisotopic (exact) mass is 417 g/mol. The molecule has 7 heteroatoms. The summed E-state index contributed by atoms with van der Waals surface area (Å²) in [5.41, 5.74) is 2.21. The Bertz CT molecular complexity index is 1130. The van der Waals surface area contributed by atoms with Gasteiger partial charge in [-0.2, -0.15) is 0 Å². The van der Waals surface area contributed by atoms with Gasteiger partial charge < -0.3 is 5.32 Å². The number of benzene rings is 2. The SMILES string of the molecule is Cc1cccc(S(=O)(=O)c2csc3c2NC(=O)C[C@@H]3c2ccc(Cl)cc2)c1. The normalized spacial score (nSPS) is 16.7. The Morgan fingerprint density at radius 1 is 1.15 bits per heavy atom. The van der Waals surface area contributed by atoms with E-state index in [-0.39, 0.29) is 28.0 Å². The molecule has 1 atom stereocenters. The zero-order valence-corrected chi connectivity index (χ0v) is 16.8. The molecule has 4 nitrogen and oxygen atoms in total. The van der Waals surface area contributed by atoms with Crippen LogP contribution in [0, 0.1) is 6.92 Å². The highest BCUT2D eigenvalue weighted by Crippen LogP contribution is 2.45. The predicted octanol–water partition coefficient (Wildman–Crippen LogP) is 5.02. The Balaban J connectivity index is 1.83. The molecule has 1 aliphatic heterocycles. The fourth-order valence-electron chi connectivity index (χ4n) is 3.28. The van der Waals surface area contributed by atoms with Crippen molar-refractivity contribution in [2.24, 2.45) is 0 Å². The van der Waals surface area contributed by atoms with Crippen LogP contribution in [-0.4, -0.2) is 14.3 Å². The van der Waals surface area contributed by atoms with Gasteiger partial charge in [0.15, 0.2) is 0 Å². The molecule has 0 bridgehead atoms. The van der Waals surface area contributed by atoms with Gasteiger partial charge in [0.2, 0.25) is 15.7 Å². The van der Waals surface area contributed by atoms with Gasteiger partial charge in [-0.15, -0.1) is 11.3 Å². The highest BCUT2D eigenvalue weighted by Gasteiger charge is 2.34. The van der Waals surface area contributed by atoms with Crippen molar-refractivity contribution >= 4 is 44.4 Å². The number of carbonyl (C=O) groups excluding carboxylic acids is 1. The second kappa shape index (κ2) is 6.78. The first kappa shape index (κ1) is 18.2. The van der Waals surface area contributed by atoms with Crippen molar-refractivity contribution in [3.05, 3.63) is 74.9 Å². The van der Waals surface area contributed by atoms with Crippen molar-refractivity contribution in [3.8, 4) is 0 Å². The van der Waals surface area contributed by atoms with Crippen LogP contribution in [0.25, 0.3) is 0 Å². The molecule has 0 aliphatic carbocycles. The minimum Gasteiger partial charge on any atom is -0.324 e. The van der Waals surface area contributed by atoms with Crippen LogP contribution in [0.5, 0.6) is 0 Å². The Morgan fingerprint density at radius 3 is 2.59 bits per heavy atom. The molecule has 0 fully saturated rings. The molecule has 2 heterocycles. The van der Waals surface area contributed by atoms with Crippen molar-refractivity contribution in [2.45, 2.75) is 29.1 Å². The number of fused-ring (bicyclic) bond motifs is 1. The second-order valence-electron chi connectivity index (χ2n) is 6.52. The number of hydrogen-bond donors (Lipinski definition) is 1. The maximum absolute atomic E-state index is 13.2. The fraction of sp³-hybridized carbons (Fsp3) is 0.150. The van der Waals surface area contributed by atoms with Crippen molar-refractivity contribution in [1.29, 1.82) is 0 Å². The smallest absolute Gasteiger partial charge is 0.225 e. The van der Waals surface area contributed by atoms with E-state index in [4.69, 9.17) is 11.6 Å². The second-order valence-corrected chi connectivity index (χ2v) is 9.78. The average molecular weight is 418 g/mol. The fourth-order valence-corrected chi connectivity index (χ4v) is 6.41. The third-order valence-corrected chi connectivity index (χ3v) is 7.89. The van der Waals surface area contributed by atoms with Crippen LogP contribution in [0.15, 0.2) is 63.7 Å². The molecule has 0 radical (unpaired) electrons. The number of sulfone groups is 1. The Hall–Kier alpha value is -2.15. The largest absolute Gasteiger partial charge is 0.324 e. The van der Waals surface area contributed by atoms with Gasteiger partial charge in [0.1, 0.15) is 4.90 Å². The Morgan fingerprint density at radius 2 is 1.89 bits per heavy atom. The first-order chi connectivity index (χ1) is 12.9. The summed E-state index contributed by atoms with van der Waals surface area (Å²) in [7, 11) is -3.72. The van der Waals surface area contributed by atoms with Crippen LogP contribution in [0.1, 0.15) is 28.3 Å². The summed E-state index contributed by atoms with van der Waals surface area (Å²) < 4.78 is 26.3. The molecule has 1 N–H and O–H groups in total. The lowest BCUT2D eigenvalue weighted by molar-refractivity contribution is -0.116. The van der Waals surface area contributed by atoms with Crippen LogP contribution >= 0.6 is 22.9 Å². The van der Waals surface area contributed by atoms with E-state index in [1.54, 1.807) is 35.7 Å². The molecule has 0 spiro atoms. The zero-order valence-electron chi connectivity index (χ0n) is 14.4. The van der Waals surface area contributed by atoms with E-state index in [9.17, 15) is 13.2 Å². The number of nitrogens with one attached hydrogen (secondary N) is 1. The van der Waals surface area contributed by atoms with Crippen LogP contribution in [0.4, 0.5) is 5.69 Å². The number of halogens is 1. The number of aryl methyl sites for hydroxylation is 1. The maximum Gasteiger partial charge on any atom is 0.225 e. The van der Waals surface area contributed by atoms with Crippen molar-refractivity contribution in [1.82, 2.24) is 0 Å². The lowest BCUT2D eigenvalue weighted by Crippen LogP contribution is -2.23. The molecule has 0 unspecified atom stereocenters. The van der Waals surface area contributed by atoms with Crippen molar-refractivity contribution in [3.63, 3.8) is 0 Å². The van der Waals surface area contributed by atoms with Gasteiger partial charge in [-0.05, 0) is 42.3 Å². The summed E-state index contributed by atoms with van der Waals surface area (Å²) in [6.45, 7) is 1.85. The third-order valence-electron chi connectivity index (χ3n) is 4.62. The first-order valence-electron chi connectivity index (χ1n) is 8.35. The number of hydrogen-bond acceptors (Lipinski definition) is 4. The van der Waals surface area contributed by atoms with E-state index in [0.717, 1.165) is 16.0 Å². The van der Waals surface area contributed by atoms with Gasteiger partial charge in [0.05, 0.1) is 10.6 Å². The minimum absolute atomic E-state index is 0.153. The highest BCUT2D eigenvalue weighted by molar-refractivity contribution is 7.91. The summed E-state index contributed by atoms with van der Waals surface area (Å²) in [5.74, 6) is -0.376. The minimum atomic E-state index is -3.72. The van der Waals surface area contributed by atoms with Gasteiger partial charge in [-0.25, -0.2) is 8.42 Å². The molecule has 1 amide bonds. The molecule has 2 aromatic carbocycles. The summed E-state index contributed by atoms with van der Waals surface area (Å²) in [4.78, 5) is 13.5. The van der Waals surface area contributed by atoms with Crippen LogP contribution in [-0.2, 0) is 14.6 Å². The van der Waals surface area contributed by atoms with Crippen LogP contribution in [0.2, 0.25) is 5.02 Å². The molecule has 0 saturated heterocycles. The van der Waals surface area contributed by atoms with E-state index >= 15 is 0 Å². The molecule has 0 saturated carbocycles. The van der Waals surface area contributed by atoms with Crippen LogP contribution < -0.4 is 5.32 Å². The molecule has 1 aromatic heterocycles. The van der Waals surface area contributed by atoms with E-state index < -0.39 is 9.84 Å². The van der Waals surface area contributed by atoms with Gasteiger partial charge in [-0.1, -0.05) is 35.9 Å². The topological polar surface area (TPSA) is 63.2 Å². The Kier molecular flexibility index (Phi) is 4.58. The molecular formula is C20H16ClNO3S2. The zero-order chi connectivity index (χ0) is 19.2. The predicted molar refractivity (Wildman–Crippen MR) is 107 cm³/mol. The number of rotatable bonds is 3. The average Bonchev–Trinajstić information content (AvgIpc) is 3.06. The number of carbonyl (C=O) groups is 1. The van der Waals surface area contributed by atoms with E-state index in [1.807, 2.05) is 25.1 Å². The summed E-state index contributed by atoms with van der Waals surface area (Å²) >= 11 is 7.33. The van der Waals surface area contributed by atoms with Crippen molar-refractivity contribution < 1.29 is 13.2 Å². The number of anilines is 1. The van der Waals surface area contributed by atoms with Gasteiger partial charge in [0, 0.05) is 27.6 Å². The number of amides is 1. The van der Waals surface area contributed by atoms with Gasteiger partial charge in [0.25, 0.3) is 0 Å². The summed E-state index contributed by atoms with van der Waals surface area (Å²) in [6, 6.07) is 14.1. The molecule has 27 heavy (non-hydrogen) atoms. The molecule has 1 aliphatic rings. The highest BCUT2D eigenvalue weighted by atomic mass is 35.5. The van der Waals surface area contributed by atoms with Crippen molar-refractivity contribution in [2.75, 3.05) is 5.32 Å². The summed E-state index contributed by atoms with van der Waals surface area (Å²) in [5, 5.41) is 5.02. The standard InChI is InChI=1S/C20H16ClNO3S2/c1-12-3-2-4-15(9-12)27(24,25)17-11-26-20-16(10-18(23)22-19(17)20)13-5-7-14(21)8-6-13/h2-9,11,16H,10H2,1H3,(H,22,23)/t16-/m1/s1. The summed E-state index contributed by atoms with van der Waals surface area (Å²) in [6.07, 6.45) is 0.277. The number of thiophene rings is 1. The van der Waals surface area contributed by atoms with Gasteiger partial charge in [-0.3, -0.25) is 4.79 Å². The third kappa shape index (κ3) is 3.29. The molecule has 138 valence electrons. The van der Waals surface area contributed by atoms with E-state index in [1.165, 1.54) is 11.3 Å². The quantitative estimate of drug-likeness (QED) is 0.651.